The summed E-state index contributed by atoms with van der Waals surface area (Å²) in [6.45, 7) is 1.24. The first kappa shape index (κ1) is 17.7. The maximum absolute atomic E-state index is 13.1. The van der Waals surface area contributed by atoms with Crippen molar-refractivity contribution in [1.82, 2.24) is 15.2 Å². The second kappa shape index (κ2) is 7.53. The Bertz CT molecular complexity index is 803. The third kappa shape index (κ3) is 3.45. The highest BCUT2D eigenvalue weighted by Crippen LogP contribution is 2.35. The smallest absolute Gasteiger partial charge is 0.244 e. The zero-order chi connectivity index (χ0) is 18.1. The Morgan fingerprint density at radius 1 is 1.19 bits per heavy atom. The number of carbonyl (C=O) groups excluding carboxylic acids is 1. The molecule has 3 heterocycles. The second-order valence-electron chi connectivity index (χ2n) is 6.57. The number of aromatic nitrogens is 1. The van der Waals surface area contributed by atoms with Crippen molar-refractivity contribution in [2.45, 2.75) is 37.8 Å². The molecule has 1 N–H and O–H groups in total. The third-order valence-electron chi connectivity index (χ3n) is 4.90. The van der Waals surface area contributed by atoms with Crippen molar-refractivity contribution in [2.24, 2.45) is 0 Å². The van der Waals surface area contributed by atoms with Gasteiger partial charge in [0, 0.05) is 25.5 Å². The standard InChI is InChI=1S/C19H19Cl2N3O2/c20-14-4-3-12(10-15(14)21)11-23-17-18(13-5-7-22-8-6-13)26-16-2-1-9-24(16)19(17)25/h3-8,10,16-18,23H,1-2,9,11H2/t16?,17-,18+/m1/s1. The molecule has 26 heavy (non-hydrogen) atoms. The Balaban J connectivity index is 1.57. The van der Waals surface area contributed by atoms with Gasteiger partial charge in [-0.05, 0) is 48.2 Å². The number of benzene rings is 1. The lowest BCUT2D eigenvalue weighted by atomic mass is 9.99. The summed E-state index contributed by atoms with van der Waals surface area (Å²) in [5.74, 6) is 0.0839. The van der Waals surface area contributed by atoms with Crippen molar-refractivity contribution < 1.29 is 9.53 Å². The fourth-order valence-corrected chi connectivity index (χ4v) is 3.90. The molecule has 2 saturated heterocycles. The van der Waals surface area contributed by atoms with Gasteiger partial charge in [-0.2, -0.15) is 0 Å². The number of hydrogen-bond donors (Lipinski definition) is 1. The molecule has 4 rings (SSSR count). The highest BCUT2D eigenvalue weighted by molar-refractivity contribution is 6.42. The quantitative estimate of drug-likeness (QED) is 0.865. The Morgan fingerprint density at radius 2 is 2.00 bits per heavy atom. The highest BCUT2D eigenvalue weighted by atomic mass is 35.5. The van der Waals surface area contributed by atoms with Gasteiger partial charge in [-0.15, -0.1) is 0 Å². The maximum Gasteiger partial charge on any atom is 0.244 e. The lowest BCUT2D eigenvalue weighted by Crippen LogP contribution is -2.57. The predicted molar refractivity (Wildman–Crippen MR) is 99.9 cm³/mol. The molecule has 1 unspecified atom stereocenters. The van der Waals surface area contributed by atoms with E-state index in [4.69, 9.17) is 27.9 Å². The van der Waals surface area contributed by atoms with Crippen molar-refractivity contribution in [3.05, 3.63) is 63.9 Å². The van der Waals surface area contributed by atoms with E-state index in [0.29, 0.717) is 16.6 Å². The fraction of sp³-hybridized carbons (Fsp3) is 0.368. The lowest BCUT2D eigenvalue weighted by molar-refractivity contribution is -0.175. The summed E-state index contributed by atoms with van der Waals surface area (Å²) >= 11 is 12.1. The van der Waals surface area contributed by atoms with Crippen molar-refractivity contribution in [1.29, 1.82) is 0 Å². The molecule has 0 aliphatic carbocycles. The molecule has 2 aromatic rings. The average Bonchev–Trinajstić information content (AvgIpc) is 3.13. The normalized spacial score (nSPS) is 25.4. The largest absolute Gasteiger partial charge is 0.348 e. The SMILES string of the molecule is O=C1[C@H](NCc2ccc(Cl)c(Cl)c2)[C@H](c2ccncc2)OC2CCCN12. The van der Waals surface area contributed by atoms with Gasteiger partial charge in [-0.3, -0.25) is 15.1 Å². The minimum atomic E-state index is -0.457. The Morgan fingerprint density at radius 3 is 2.77 bits per heavy atom. The number of ether oxygens (including phenoxy) is 1. The third-order valence-corrected chi connectivity index (χ3v) is 5.64. The van der Waals surface area contributed by atoms with E-state index >= 15 is 0 Å². The van der Waals surface area contributed by atoms with Crippen LogP contribution in [0.25, 0.3) is 0 Å². The van der Waals surface area contributed by atoms with E-state index in [1.807, 2.05) is 29.2 Å². The van der Waals surface area contributed by atoms with Crippen LogP contribution in [0.5, 0.6) is 0 Å². The van der Waals surface area contributed by atoms with Gasteiger partial charge >= 0.3 is 0 Å². The van der Waals surface area contributed by atoms with E-state index in [9.17, 15) is 4.79 Å². The minimum absolute atomic E-state index is 0.0839. The molecular weight excluding hydrogens is 373 g/mol. The molecule has 0 bridgehead atoms. The van der Waals surface area contributed by atoms with Crippen LogP contribution in [0.3, 0.4) is 0 Å². The molecule has 0 radical (unpaired) electrons. The number of nitrogens with zero attached hydrogens (tertiary/aromatic N) is 2. The molecule has 7 heteroatoms. The van der Waals surface area contributed by atoms with Gasteiger partial charge in [-0.1, -0.05) is 29.3 Å². The molecule has 1 amide bonds. The minimum Gasteiger partial charge on any atom is -0.348 e. The monoisotopic (exact) mass is 391 g/mol. The number of fused-ring (bicyclic) bond motifs is 1. The van der Waals surface area contributed by atoms with Crippen molar-refractivity contribution in [3.8, 4) is 0 Å². The summed E-state index contributed by atoms with van der Waals surface area (Å²) < 4.78 is 6.28. The second-order valence-corrected chi connectivity index (χ2v) is 7.39. The molecule has 0 spiro atoms. The molecule has 0 saturated carbocycles. The van der Waals surface area contributed by atoms with Crippen LogP contribution in [0.2, 0.25) is 10.0 Å². The van der Waals surface area contributed by atoms with Crippen molar-refractivity contribution in [2.75, 3.05) is 6.54 Å². The van der Waals surface area contributed by atoms with Gasteiger partial charge in [0.15, 0.2) is 0 Å². The van der Waals surface area contributed by atoms with Gasteiger partial charge in [-0.25, -0.2) is 0 Å². The van der Waals surface area contributed by atoms with Crippen LogP contribution in [0.4, 0.5) is 0 Å². The van der Waals surface area contributed by atoms with Crippen molar-refractivity contribution >= 4 is 29.1 Å². The fourth-order valence-electron chi connectivity index (χ4n) is 3.58. The number of pyridine rings is 1. The molecule has 2 aliphatic heterocycles. The van der Waals surface area contributed by atoms with E-state index < -0.39 is 6.04 Å². The topological polar surface area (TPSA) is 54.5 Å². The van der Waals surface area contributed by atoms with E-state index in [1.165, 1.54) is 0 Å². The predicted octanol–water partition coefficient (Wildman–Crippen LogP) is 3.57. The van der Waals surface area contributed by atoms with E-state index in [1.54, 1.807) is 18.5 Å². The van der Waals surface area contributed by atoms with Gasteiger partial charge in [0.05, 0.1) is 10.0 Å². The van der Waals surface area contributed by atoms with Gasteiger partial charge in [0.1, 0.15) is 18.4 Å². The van der Waals surface area contributed by atoms with E-state index in [2.05, 4.69) is 10.3 Å². The number of amides is 1. The summed E-state index contributed by atoms with van der Waals surface area (Å²) in [4.78, 5) is 19.0. The Kier molecular flexibility index (Phi) is 5.14. The van der Waals surface area contributed by atoms with E-state index in [0.717, 1.165) is 30.5 Å². The van der Waals surface area contributed by atoms with Crippen LogP contribution < -0.4 is 5.32 Å². The number of carbonyl (C=O) groups is 1. The summed E-state index contributed by atoms with van der Waals surface area (Å²) in [6.07, 6.45) is 4.82. The van der Waals surface area contributed by atoms with Crippen molar-refractivity contribution in [3.63, 3.8) is 0 Å². The van der Waals surface area contributed by atoms with Crippen LogP contribution in [0, 0.1) is 0 Å². The molecule has 136 valence electrons. The van der Waals surface area contributed by atoms with Crippen LogP contribution >= 0.6 is 23.2 Å². The summed E-state index contributed by atoms with van der Waals surface area (Å²) in [6, 6.07) is 8.81. The van der Waals surface area contributed by atoms with Gasteiger partial charge in [0.2, 0.25) is 5.91 Å². The zero-order valence-electron chi connectivity index (χ0n) is 14.1. The maximum atomic E-state index is 13.1. The Hall–Kier alpha value is -1.66. The highest BCUT2D eigenvalue weighted by Gasteiger charge is 2.45. The van der Waals surface area contributed by atoms with E-state index in [-0.39, 0.29) is 18.2 Å². The van der Waals surface area contributed by atoms with Crippen LogP contribution in [0.1, 0.15) is 30.1 Å². The molecule has 1 aromatic carbocycles. The lowest BCUT2D eigenvalue weighted by Gasteiger charge is -2.40. The van der Waals surface area contributed by atoms with Crippen LogP contribution in [0.15, 0.2) is 42.7 Å². The molecular formula is C19H19Cl2N3O2. The number of nitrogens with one attached hydrogen (secondary N) is 1. The molecule has 3 atom stereocenters. The number of rotatable bonds is 4. The first-order chi connectivity index (χ1) is 12.6. The van der Waals surface area contributed by atoms with Gasteiger partial charge < -0.3 is 9.64 Å². The summed E-state index contributed by atoms with van der Waals surface area (Å²) in [5.41, 5.74) is 1.91. The first-order valence-electron chi connectivity index (χ1n) is 8.66. The summed E-state index contributed by atoms with van der Waals surface area (Å²) in [7, 11) is 0. The molecule has 2 aliphatic rings. The summed E-state index contributed by atoms with van der Waals surface area (Å²) in [5, 5.41) is 4.38. The number of halogens is 2. The average molecular weight is 392 g/mol. The zero-order valence-corrected chi connectivity index (χ0v) is 15.6. The molecule has 1 aromatic heterocycles. The first-order valence-corrected chi connectivity index (χ1v) is 9.42. The molecule has 2 fully saturated rings. The Labute approximate surface area is 162 Å². The van der Waals surface area contributed by atoms with Gasteiger partial charge in [0.25, 0.3) is 0 Å². The van der Waals surface area contributed by atoms with Crippen LogP contribution in [-0.4, -0.2) is 34.6 Å². The van der Waals surface area contributed by atoms with Crippen LogP contribution in [-0.2, 0) is 16.1 Å². The number of hydrogen-bond acceptors (Lipinski definition) is 4. The molecule has 5 nitrogen and oxygen atoms in total.